The van der Waals surface area contributed by atoms with Gasteiger partial charge in [0.15, 0.2) is 0 Å². The van der Waals surface area contributed by atoms with Gasteiger partial charge in [0.2, 0.25) is 0 Å². The third-order valence-corrected chi connectivity index (χ3v) is 14.2. The first kappa shape index (κ1) is 45.5. The average Bonchev–Trinajstić information content (AvgIpc) is 3.19. The van der Waals surface area contributed by atoms with Gasteiger partial charge in [0.25, 0.3) is 0 Å². The molecule has 62 heavy (non-hydrogen) atoms. The number of aromatic nitrogens is 2. The number of halogens is 3. The molecule has 0 N–H and O–H groups in total. The van der Waals surface area contributed by atoms with E-state index in [0.717, 1.165) is 70.0 Å². The number of nitrogens with zero attached hydrogens (tertiary/aromatic N) is 2. The number of ether oxygens (including phenoxy) is 1. The molecule has 1 aliphatic rings. The molecule has 8 rings (SSSR count). The molecule has 0 saturated heterocycles. The van der Waals surface area contributed by atoms with Crippen molar-refractivity contribution in [3.8, 4) is 56.3 Å². The van der Waals surface area contributed by atoms with E-state index in [1.54, 1.807) is 0 Å². The molecule has 0 atom stereocenters. The summed E-state index contributed by atoms with van der Waals surface area (Å²) < 4.78 is 51.1. The summed E-state index contributed by atoms with van der Waals surface area (Å²) in [6, 6.07) is 36.4. The van der Waals surface area contributed by atoms with Gasteiger partial charge in [0.05, 0.1) is 0 Å². The van der Waals surface area contributed by atoms with E-state index >= 15 is 0 Å². The molecule has 320 valence electrons. The van der Waals surface area contributed by atoms with Gasteiger partial charge in [-0.05, 0) is 24.5 Å². The molecule has 0 fully saturated rings. The van der Waals surface area contributed by atoms with Crippen LogP contribution in [-0.2, 0) is 27.5 Å². The molecule has 0 amide bonds. The van der Waals surface area contributed by atoms with Crippen LogP contribution in [0.15, 0.2) is 97.3 Å². The van der Waals surface area contributed by atoms with Crippen molar-refractivity contribution < 1.29 is 39.0 Å². The van der Waals surface area contributed by atoms with Crippen LogP contribution in [-0.4, -0.2) is 31.1 Å². The molecule has 0 aliphatic carbocycles. The first-order valence-electron chi connectivity index (χ1n) is 21.1. The second kappa shape index (κ2) is 17.6. The molecule has 7 aromatic rings. The van der Waals surface area contributed by atoms with Gasteiger partial charge in [-0.1, -0.05) is 41.5 Å². The minimum absolute atomic E-state index is 0. The monoisotopic (exact) mass is 1080 g/mol. The molecule has 0 radical (unpaired) electrons. The Bertz CT molecular complexity index is 2800. The smallest absolute Gasteiger partial charge is 2.00 e. The van der Waals surface area contributed by atoms with Crippen molar-refractivity contribution in [3.63, 3.8) is 0 Å². The van der Waals surface area contributed by atoms with Crippen molar-refractivity contribution in [1.29, 1.82) is 0 Å². The van der Waals surface area contributed by atoms with Crippen molar-refractivity contribution >= 4 is 34.7 Å². The first-order chi connectivity index (χ1) is 28.9. The van der Waals surface area contributed by atoms with Crippen LogP contribution in [0.1, 0.15) is 107 Å². The zero-order valence-electron chi connectivity index (χ0n) is 36.8. The van der Waals surface area contributed by atoms with Crippen molar-refractivity contribution in [1.82, 2.24) is 9.97 Å². The second-order valence-electron chi connectivity index (χ2n) is 18.1. The second-order valence-corrected chi connectivity index (χ2v) is 20.3. The summed E-state index contributed by atoms with van der Waals surface area (Å²) >= 11 is -0.242. The van der Waals surface area contributed by atoms with Crippen LogP contribution in [0.2, 0.25) is 0 Å². The Kier molecular flexibility index (Phi) is 12.9. The summed E-state index contributed by atoms with van der Waals surface area (Å²) in [5.41, 5.74) is 12.5. The molecule has 0 unspecified atom stereocenters. The van der Waals surface area contributed by atoms with Crippen LogP contribution in [0, 0.1) is 31.4 Å². The van der Waals surface area contributed by atoms with E-state index in [-0.39, 0.29) is 54.3 Å². The first-order valence-corrected chi connectivity index (χ1v) is 22.8. The SMILES string of the molecule is Cc1cc(Oc2[c-]c(-c3cc(C)ccn3)cc(-c3c(C(C)C)cc(C(C)C)cc3C(C)C)c2)[c-]c(-c2nccc3c2[Se]c2cc(CC(C)(C)C(F)(F)F)cc4cccc-3c24)c1.[Pt+2]. The number of hydrogen-bond donors (Lipinski definition) is 0. The predicted molar refractivity (Wildman–Crippen MR) is 246 cm³/mol. The van der Waals surface area contributed by atoms with Crippen molar-refractivity contribution in [3.05, 3.63) is 143 Å². The Morgan fingerprint density at radius 3 is 2.03 bits per heavy atom. The Balaban J connectivity index is 0.00000578. The maximum Gasteiger partial charge on any atom is 2.00 e. The Morgan fingerprint density at radius 1 is 0.694 bits per heavy atom. The maximum atomic E-state index is 14.0. The number of aryl methyl sites for hydroxylation is 2. The number of alkyl halides is 3. The Morgan fingerprint density at radius 2 is 1.37 bits per heavy atom. The van der Waals surface area contributed by atoms with Gasteiger partial charge in [-0.25, -0.2) is 0 Å². The van der Waals surface area contributed by atoms with Crippen molar-refractivity contribution in [2.75, 3.05) is 0 Å². The van der Waals surface area contributed by atoms with Gasteiger partial charge in [-0.15, -0.1) is 0 Å². The summed E-state index contributed by atoms with van der Waals surface area (Å²) in [6.45, 7) is 20.2. The summed E-state index contributed by atoms with van der Waals surface area (Å²) in [5.74, 6) is 2.07. The third-order valence-electron chi connectivity index (χ3n) is 11.7. The summed E-state index contributed by atoms with van der Waals surface area (Å²) in [4.78, 5) is 9.72. The molecule has 8 heteroatoms. The van der Waals surface area contributed by atoms with Crippen LogP contribution >= 0.6 is 0 Å². The molecule has 1 aliphatic heterocycles. The molecule has 0 saturated carbocycles. The van der Waals surface area contributed by atoms with Gasteiger partial charge in [-0.3, -0.25) is 0 Å². The van der Waals surface area contributed by atoms with E-state index < -0.39 is 11.6 Å². The van der Waals surface area contributed by atoms with E-state index in [9.17, 15) is 13.2 Å². The van der Waals surface area contributed by atoms with Crippen LogP contribution in [0.3, 0.4) is 0 Å². The van der Waals surface area contributed by atoms with Gasteiger partial charge in [0, 0.05) is 0 Å². The summed E-state index contributed by atoms with van der Waals surface area (Å²) in [7, 11) is 0. The molecule has 0 spiro atoms. The number of fused-ring (bicyclic) bond motifs is 2. The van der Waals surface area contributed by atoms with Gasteiger partial charge in [-0.2, -0.15) is 0 Å². The van der Waals surface area contributed by atoms with Crippen LogP contribution < -0.4 is 13.7 Å². The quantitative estimate of drug-likeness (QED) is 0.101. The third kappa shape index (κ3) is 8.96. The fourth-order valence-corrected chi connectivity index (χ4v) is 11.1. The number of rotatable bonds is 10. The minimum Gasteiger partial charge on any atom is 2.00 e. The van der Waals surface area contributed by atoms with Crippen LogP contribution in [0.5, 0.6) is 11.5 Å². The molecule has 2 aromatic heterocycles. The van der Waals surface area contributed by atoms with Gasteiger partial charge < -0.3 is 0 Å². The fraction of sp³-hybridized carbons (Fsp3) is 0.296. The van der Waals surface area contributed by atoms with Crippen LogP contribution in [0.25, 0.3) is 55.5 Å². The Hall–Kier alpha value is -4.54. The van der Waals surface area contributed by atoms with E-state index in [1.807, 2.05) is 55.7 Å². The standard InChI is InChI=1S/C54H51F3N2OSe.Pt/c1-30(2)37-27-45(31(3)4)49(46(28-37)32(5)6)39-23-38(47-20-33(7)14-16-58-47)24-42(25-39)60-41-19-34(8)18-40(26-41)51-52-44(15-17-59-51)43-13-11-12-36-21-35(22-48(61-52)50(36)43)29-53(9,10)54(55,56)57;/h11-23,25,27-28,30-32H,29H2,1-10H3;/q-2;+2. The number of hydrogen-bond acceptors (Lipinski definition) is 3. The van der Waals surface area contributed by atoms with E-state index in [0.29, 0.717) is 23.0 Å². The molecular formula is C54H51F3N2OPtSe. The van der Waals surface area contributed by atoms with E-state index in [2.05, 4.69) is 109 Å². The molecule has 3 heterocycles. The molecule has 0 bridgehead atoms. The topological polar surface area (TPSA) is 35.0 Å². The van der Waals surface area contributed by atoms with Gasteiger partial charge >= 0.3 is 322 Å². The molecule has 5 aromatic carbocycles. The minimum atomic E-state index is -4.32. The Labute approximate surface area is 385 Å². The normalized spacial score (nSPS) is 12.6. The fourth-order valence-electron chi connectivity index (χ4n) is 8.37. The summed E-state index contributed by atoms with van der Waals surface area (Å²) in [5, 5.41) is 2.06. The zero-order chi connectivity index (χ0) is 43.5. The predicted octanol–water partition coefficient (Wildman–Crippen LogP) is 13.8. The largest absolute Gasteiger partial charge is 2.00 e. The van der Waals surface area contributed by atoms with E-state index in [4.69, 9.17) is 14.7 Å². The van der Waals surface area contributed by atoms with Crippen molar-refractivity contribution in [2.45, 2.75) is 99.6 Å². The summed E-state index contributed by atoms with van der Waals surface area (Å²) in [6.07, 6.45) is -0.741. The van der Waals surface area contributed by atoms with Crippen LogP contribution in [0.4, 0.5) is 13.2 Å². The number of benzene rings is 5. The molecular weight excluding hydrogens is 1020 g/mol. The number of pyridine rings is 2. The van der Waals surface area contributed by atoms with E-state index in [1.165, 1.54) is 36.1 Å². The zero-order valence-corrected chi connectivity index (χ0v) is 40.8. The van der Waals surface area contributed by atoms with Gasteiger partial charge in [0.1, 0.15) is 0 Å². The molecule has 3 nitrogen and oxygen atoms in total. The van der Waals surface area contributed by atoms with Crippen molar-refractivity contribution in [2.24, 2.45) is 5.41 Å². The maximum absolute atomic E-state index is 14.0. The average molecular weight is 1080 g/mol.